The molecule has 0 bridgehead atoms. The second-order valence-electron chi connectivity index (χ2n) is 5.23. The maximum atomic E-state index is 12.0. The van der Waals surface area contributed by atoms with E-state index in [1.165, 1.54) is 0 Å². The minimum Gasteiger partial charge on any atom is -0.456 e. The number of nitrogens with two attached hydrogens (primary N) is 1. The van der Waals surface area contributed by atoms with Crippen LogP contribution in [0, 0.1) is 12.8 Å². The molecule has 4 nitrogen and oxygen atoms in total. The second-order valence-corrected chi connectivity index (χ2v) is 5.23. The van der Waals surface area contributed by atoms with E-state index in [-0.39, 0.29) is 11.4 Å². The van der Waals surface area contributed by atoms with Crippen LogP contribution in [0.25, 0.3) is 0 Å². The zero-order valence-electron chi connectivity index (χ0n) is 11.0. The van der Waals surface area contributed by atoms with Crippen molar-refractivity contribution in [2.75, 3.05) is 6.54 Å². The Morgan fingerprint density at radius 2 is 2.18 bits per heavy atom. The Kier molecular flexibility index (Phi) is 4.34. The summed E-state index contributed by atoms with van der Waals surface area (Å²) in [6.07, 6.45) is 0.842. The van der Waals surface area contributed by atoms with Gasteiger partial charge in [-0.1, -0.05) is 13.8 Å². The second kappa shape index (κ2) is 5.36. The van der Waals surface area contributed by atoms with Crippen LogP contribution in [-0.2, 0) is 0 Å². The smallest absolute Gasteiger partial charge is 0.287 e. The van der Waals surface area contributed by atoms with Crippen LogP contribution in [-0.4, -0.2) is 18.0 Å². The Labute approximate surface area is 103 Å². The van der Waals surface area contributed by atoms with E-state index in [4.69, 9.17) is 10.2 Å². The van der Waals surface area contributed by atoms with Crippen LogP contribution >= 0.6 is 0 Å². The van der Waals surface area contributed by atoms with Gasteiger partial charge in [-0.2, -0.15) is 0 Å². The van der Waals surface area contributed by atoms with Crippen LogP contribution in [0.1, 0.15) is 43.5 Å². The molecular formula is C13H22N2O2. The first-order valence-corrected chi connectivity index (χ1v) is 5.95. The van der Waals surface area contributed by atoms with E-state index >= 15 is 0 Å². The minimum atomic E-state index is -0.383. The summed E-state index contributed by atoms with van der Waals surface area (Å²) in [4.78, 5) is 12.0. The Hall–Kier alpha value is -1.29. The molecule has 96 valence electrons. The highest BCUT2D eigenvalue weighted by Gasteiger charge is 2.27. The van der Waals surface area contributed by atoms with Crippen LogP contribution in [0.5, 0.6) is 0 Å². The van der Waals surface area contributed by atoms with Gasteiger partial charge in [0, 0.05) is 6.54 Å². The molecule has 0 saturated heterocycles. The maximum absolute atomic E-state index is 12.0. The maximum Gasteiger partial charge on any atom is 0.287 e. The topological polar surface area (TPSA) is 68.3 Å². The van der Waals surface area contributed by atoms with E-state index in [0.717, 1.165) is 12.2 Å². The van der Waals surface area contributed by atoms with Gasteiger partial charge < -0.3 is 15.5 Å². The molecule has 0 aliphatic carbocycles. The third-order valence-corrected chi connectivity index (χ3v) is 2.69. The number of carbonyl (C=O) groups is 1. The van der Waals surface area contributed by atoms with Crippen LogP contribution < -0.4 is 11.1 Å². The molecule has 0 aromatic carbocycles. The Morgan fingerprint density at radius 1 is 1.53 bits per heavy atom. The number of carbonyl (C=O) groups excluding carboxylic acids is 1. The van der Waals surface area contributed by atoms with Gasteiger partial charge in [0.15, 0.2) is 5.76 Å². The van der Waals surface area contributed by atoms with Gasteiger partial charge in [-0.05, 0) is 38.3 Å². The van der Waals surface area contributed by atoms with Crippen molar-refractivity contribution >= 4 is 5.91 Å². The van der Waals surface area contributed by atoms with Gasteiger partial charge in [0.2, 0.25) is 0 Å². The average Bonchev–Trinajstić information content (AvgIpc) is 2.63. The summed E-state index contributed by atoms with van der Waals surface area (Å²) in [5, 5.41) is 2.95. The first-order valence-electron chi connectivity index (χ1n) is 5.95. The molecule has 0 spiro atoms. The number of amides is 1. The Bertz CT molecular complexity index is 385. The SMILES string of the molecule is Cc1ccc(C(=O)NC(C)(CN)CC(C)C)o1. The first kappa shape index (κ1) is 13.8. The molecule has 17 heavy (non-hydrogen) atoms. The van der Waals surface area contributed by atoms with Gasteiger partial charge in [-0.15, -0.1) is 0 Å². The number of aryl methyl sites for hydroxylation is 1. The van der Waals surface area contributed by atoms with E-state index in [1.54, 1.807) is 12.1 Å². The van der Waals surface area contributed by atoms with E-state index in [1.807, 2.05) is 13.8 Å². The molecule has 1 aromatic heterocycles. The number of nitrogens with one attached hydrogen (secondary N) is 1. The van der Waals surface area contributed by atoms with Crippen molar-refractivity contribution in [3.8, 4) is 0 Å². The monoisotopic (exact) mass is 238 g/mol. The zero-order valence-corrected chi connectivity index (χ0v) is 11.0. The van der Waals surface area contributed by atoms with Gasteiger partial charge in [0.05, 0.1) is 5.54 Å². The van der Waals surface area contributed by atoms with Crippen molar-refractivity contribution in [3.05, 3.63) is 23.7 Å². The van der Waals surface area contributed by atoms with E-state index in [2.05, 4.69) is 19.2 Å². The number of furan rings is 1. The molecule has 0 fully saturated rings. The summed E-state index contributed by atoms with van der Waals surface area (Å²) < 4.78 is 5.29. The lowest BCUT2D eigenvalue weighted by Crippen LogP contribution is -2.52. The molecule has 1 aromatic rings. The third-order valence-electron chi connectivity index (χ3n) is 2.69. The van der Waals surface area contributed by atoms with Crippen LogP contribution in [0.3, 0.4) is 0 Å². The lowest BCUT2D eigenvalue weighted by atomic mass is 9.90. The van der Waals surface area contributed by atoms with Crippen LogP contribution in [0.15, 0.2) is 16.5 Å². The molecule has 1 atom stereocenters. The molecular weight excluding hydrogens is 216 g/mol. The summed E-state index contributed by atoms with van der Waals surface area (Å²) in [5.74, 6) is 1.34. The van der Waals surface area contributed by atoms with Gasteiger partial charge in [-0.25, -0.2) is 0 Å². The van der Waals surface area contributed by atoms with Gasteiger partial charge >= 0.3 is 0 Å². The number of hydrogen-bond acceptors (Lipinski definition) is 3. The molecule has 1 amide bonds. The highest BCUT2D eigenvalue weighted by atomic mass is 16.3. The molecule has 3 N–H and O–H groups in total. The third kappa shape index (κ3) is 3.89. The normalized spacial score (nSPS) is 14.7. The highest BCUT2D eigenvalue weighted by molar-refractivity contribution is 5.92. The fourth-order valence-corrected chi connectivity index (χ4v) is 1.98. The van der Waals surface area contributed by atoms with Gasteiger partial charge in [0.25, 0.3) is 5.91 Å². The zero-order chi connectivity index (χ0) is 13.1. The van der Waals surface area contributed by atoms with Crippen molar-refractivity contribution < 1.29 is 9.21 Å². The van der Waals surface area contributed by atoms with Crippen LogP contribution in [0.4, 0.5) is 0 Å². The Morgan fingerprint density at radius 3 is 2.59 bits per heavy atom. The van der Waals surface area contributed by atoms with Gasteiger partial charge in [0.1, 0.15) is 5.76 Å². The van der Waals surface area contributed by atoms with Crippen molar-refractivity contribution in [2.24, 2.45) is 11.7 Å². The Balaban J connectivity index is 2.71. The minimum absolute atomic E-state index is 0.202. The average molecular weight is 238 g/mol. The quantitative estimate of drug-likeness (QED) is 0.825. The van der Waals surface area contributed by atoms with E-state index < -0.39 is 0 Å². The molecule has 0 aliphatic rings. The molecule has 4 heteroatoms. The first-order chi connectivity index (χ1) is 7.86. The number of hydrogen-bond donors (Lipinski definition) is 2. The van der Waals surface area contributed by atoms with Crippen molar-refractivity contribution in [1.29, 1.82) is 0 Å². The van der Waals surface area contributed by atoms with E-state index in [9.17, 15) is 4.79 Å². The fraction of sp³-hybridized carbons (Fsp3) is 0.615. The summed E-state index contributed by atoms with van der Waals surface area (Å²) >= 11 is 0. The summed E-state index contributed by atoms with van der Waals surface area (Å²) in [6, 6.07) is 3.45. The van der Waals surface area contributed by atoms with Crippen molar-refractivity contribution in [3.63, 3.8) is 0 Å². The lowest BCUT2D eigenvalue weighted by molar-refractivity contribution is 0.0868. The summed E-state index contributed by atoms with van der Waals surface area (Å²) in [6.45, 7) is 8.40. The lowest BCUT2D eigenvalue weighted by Gasteiger charge is -2.30. The van der Waals surface area contributed by atoms with Gasteiger partial charge in [-0.3, -0.25) is 4.79 Å². The summed E-state index contributed by atoms with van der Waals surface area (Å²) in [5.41, 5.74) is 5.36. The van der Waals surface area contributed by atoms with Crippen molar-refractivity contribution in [2.45, 2.75) is 39.7 Å². The number of rotatable bonds is 5. The van der Waals surface area contributed by atoms with Crippen molar-refractivity contribution in [1.82, 2.24) is 5.32 Å². The van der Waals surface area contributed by atoms with E-state index in [0.29, 0.717) is 18.2 Å². The molecule has 1 unspecified atom stereocenters. The predicted octanol–water partition coefficient (Wildman–Crippen LogP) is 2.08. The molecule has 0 aliphatic heterocycles. The van der Waals surface area contributed by atoms with Crippen LogP contribution in [0.2, 0.25) is 0 Å². The molecule has 0 saturated carbocycles. The molecule has 0 radical (unpaired) electrons. The highest BCUT2D eigenvalue weighted by Crippen LogP contribution is 2.16. The fourth-order valence-electron chi connectivity index (χ4n) is 1.98. The predicted molar refractivity (Wildman–Crippen MR) is 67.8 cm³/mol. The standard InChI is InChI=1S/C13H22N2O2/c1-9(2)7-13(4,8-14)15-12(16)11-6-5-10(3)17-11/h5-6,9H,7-8,14H2,1-4H3,(H,15,16). The summed E-state index contributed by atoms with van der Waals surface area (Å²) in [7, 11) is 0. The molecule has 1 heterocycles. The largest absolute Gasteiger partial charge is 0.456 e. The molecule has 1 rings (SSSR count).